The van der Waals surface area contributed by atoms with Gasteiger partial charge >= 0.3 is 0 Å². The summed E-state index contributed by atoms with van der Waals surface area (Å²) < 4.78 is 1.72. The molecule has 4 nitrogen and oxygen atoms in total. The van der Waals surface area contributed by atoms with Crippen LogP contribution in [0.15, 0.2) is 12.4 Å². The molecule has 4 heteroatoms. The van der Waals surface area contributed by atoms with Crippen molar-refractivity contribution in [3.05, 3.63) is 12.4 Å². The molecule has 0 saturated carbocycles. The Morgan fingerprint density at radius 1 is 1.89 bits per heavy atom. The summed E-state index contributed by atoms with van der Waals surface area (Å²) in [7, 11) is 1.80. The molecule has 0 aliphatic rings. The van der Waals surface area contributed by atoms with Gasteiger partial charge in [0.15, 0.2) is 0 Å². The minimum absolute atomic E-state index is 0.560. The first kappa shape index (κ1) is 5.81. The Labute approximate surface area is 52.5 Å². The van der Waals surface area contributed by atoms with Gasteiger partial charge in [-0.15, -0.1) is 0 Å². The molecule has 1 N–H and O–H groups in total. The van der Waals surface area contributed by atoms with Gasteiger partial charge in [0, 0.05) is 19.4 Å². The van der Waals surface area contributed by atoms with E-state index in [0.29, 0.717) is 12.4 Å². The molecule has 1 aromatic rings. The zero-order valence-electron chi connectivity index (χ0n) is 5.03. The largest absolute Gasteiger partial charge is 0.320 e. The second-order valence-electron chi connectivity index (χ2n) is 1.62. The van der Waals surface area contributed by atoms with Crippen LogP contribution in [-0.4, -0.2) is 16.0 Å². The number of amides is 1. The second kappa shape index (κ2) is 2.30. The first-order valence-electron chi connectivity index (χ1n) is 2.52. The molecular formula is C5H7N3O. The standard InChI is InChI=1S/C5H7N3O/c1-8-3-2-6-5(8)7-4-9/h2-4H,1H3,(H,6,7,9). The van der Waals surface area contributed by atoms with E-state index < -0.39 is 0 Å². The summed E-state index contributed by atoms with van der Waals surface area (Å²) >= 11 is 0. The summed E-state index contributed by atoms with van der Waals surface area (Å²) in [6, 6.07) is 0. The SMILES string of the molecule is Cn1ccnc1NC=O. The molecule has 1 amide bonds. The molecule has 48 valence electrons. The van der Waals surface area contributed by atoms with Gasteiger partial charge in [0.2, 0.25) is 12.4 Å². The molecule has 0 unspecified atom stereocenters. The Bertz CT molecular complexity index is 206. The highest BCUT2D eigenvalue weighted by atomic mass is 16.1. The highest BCUT2D eigenvalue weighted by Gasteiger charge is 1.92. The fourth-order valence-electron chi connectivity index (χ4n) is 0.557. The van der Waals surface area contributed by atoms with Crippen molar-refractivity contribution >= 4 is 12.4 Å². The molecule has 0 saturated heterocycles. The minimum Gasteiger partial charge on any atom is -0.320 e. The Morgan fingerprint density at radius 3 is 3.11 bits per heavy atom. The highest BCUT2D eigenvalue weighted by Crippen LogP contribution is 1.97. The van der Waals surface area contributed by atoms with Gasteiger partial charge in [0.05, 0.1) is 0 Å². The monoisotopic (exact) mass is 125 g/mol. The lowest BCUT2D eigenvalue weighted by molar-refractivity contribution is -0.105. The van der Waals surface area contributed by atoms with Gasteiger partial charge in [-0.3, -0.25) is 10.1 Å². The van der Waals surface area contributed by atoms with Crippen molar-refractivity contribution in [3.63, 3.8) is 0 Å². The van der Waals surface area contributed by atoms with E-state index in [0.717, 1.165) is 0 Å². The van der Waals surface area contributed by atoms with Gasteiger partial charge in [0.25, 0.3) is 0 Å². The number of nitrogens with one attached hydrogen (secondary N) is 1. The average Bonchev–Trinajstić information content (AvgIpc) is 2.18. The van der Waals surface area contributed by atoms with Crippen molar-refractivity contribution in [2.75, 3.05) is 5.32 Å². The van der Waals surface area contributed by atoms with Crippen LogP contribution in [0.1, 0.15) is 0 Å². The summed E-state index contributed by atoms with van der Waals surface area (Å²) in [5, 5.41) is 2.43. The van der Waals surface area contributed by atoms with Crippen molar-refractivity contribution in [2.24, 2.45) is 7.05 Å². The van der Waals surface area contributed by atoms with E-state index in [2.05, 4.69) is 10.3 Å². The van der Waals surface area contributed by atoms with E-state index in [-0.39, 0.29) is 0 Å². The predicted octanol–water partition coefficient (Wildman–Crippen LogP) is -0.0116. The maximum absolute atomic E-state index is 9.86. The van der Waals surface area contributed by atoms with Gasteiger partial charge < -0.3 is 4.57 Å². The van der Waals surface area contributed by atoms with Crippen LogP contribution in [0.5, 0.6) is 0 Å². The van der Waals surface area contributed by atoms with Crippen molar-refractivity contribution in [1.29, 1.82) is 0 Å². The fourth-order valence-corrected chi connectivity index (χ4v) is 0.557. The van der Waals surface area contributed by atoms with Gasteiger partial charge in [-0.1, -0.05) is 0 Å². The van der Waals surface area contributed by atoms with Crippen LogP contribution in [0.3, 0.4) is 0 Å². The first-order valence-corrected chi connectivity index (χ1v) is 2.52. The minimum atomic E-state index is 0.560. The summed E-state index contributed by atoms with van der Waals surface area (Å²) in [6.45, 7) is 0. The van der Waals surface area contributed by atoms with E-state index >= 15 is 0 Å². The van der Waals surface area contributed by atoms with Crippen LogP contribution in [0.4, 0.5) is 5.95 Å². The fraction of sp³-hybridized carbons (Fsp3) is 0.200. The summed E-state index contributed by atoms with van der Waals surface area (Å²) in [5.41, 5.74) is 0. The van der Waals surface area contributed by atoms with Crippen molar-refractivity contribution in [2.45, 2.75) is 0 Å². The zero-order valence-corrected chi connectivity index (χ0v) is 5.03. The maximum Gasteiger partial charge on any atom is 0.213 e. The van der Waals surface area contributed by atoms with Crippen molar-refractivity contribution in [3.8, 4) is 0 Å². The molecule has 1 rings (SSSR count). The van der Waals surface area contributed by atoms with Crippen LogP contribution >= 0.6 is 0 Å². The zero-order chi connectivity index (χ0) is 6.69. The quantitative estimate of drug-likeness (QED) is 0.565. The molecule has 0 spiro atoms. The number of rotatable bonds is 2. The normalized spacial score (nSPS) is 9.00. The summed E-state index contributed by atoms with van der Waals surface area (Å²) in [4.78, 5) is 13.7. The van der Waals surface area contributed by atoms with Crippen LogP contribution in [0.25, 0.3) is 0 Å². The molecule has 0 atom stereocenters. The van der Waals surface area contributed by atoms with E-state index in [9.17, 15) is 4.79 Å². The van der Waals surface area contributed by atoms with Gasteiger partial charge in [0.1, 0.15) is 0 Å². The molecule has 0 fully saturated rings. The Hall–Kier alpha value is -1.32. The molecule has 1 heterocycles. The van der Waals surface area contributed by atoms with Crippen LogP contribution in [0.2, 0.25) is 0 Å². The molecule has 0 bridgehead atoms. The smallest absolute Gasteiger partial charge is 0.213 e. The molecular weight excluding hydrogens is 118 g/mol. The number of aryl methyl sites for hydroxylation is 1. The van der Waals surface area contributed by atoms with E-state index in [1.165, 1.54) is 0 Å². The number of nitrogens with zero attached hydrogens (tertiary/aromatic N) is 2. The van der Waals surface area contributed by atoms with Crippen LogP contribution in [0, 0.1) is 0 Å². The average molecular weight is 125 g/mol. The van der Waals surface area contributed by atoms with Crippen LogP contribution < -0.4 is 5.32 Å². The first-order chi connectivity index (χ1) is 4.34. The number of hydrogen-bond acceptors (Lipinski definition) is 2. The molecule has 0 aliphatic carbocycles. The Kier molecular flexibility index (Phi) is 1.48. The van der Waals surface area contributed by atoms with Gasteiger partial charge in [-0.2, -0.15) is 0 Å². The van der Waals surface area contributed by atoms with Gasteiger partial charge in [-0.05, 0) is 0 Å². The topological polar surface area (TPSA) is 46.9 Å². The number of hydrogen-bond donors (Lipinski definition) is 1. The van der Waals surface area contributed by atoms with Crippen LogP contribution in [-0.2, 0) is 11.8 Å². The third-order valence-electron chi connectivity index (χ3n) is 1.01. The number of anilines is 1. The lowest BCUT2D eigenvalue weighted by atomic mass is 10.9. The van der Waals surface area contributed by atoms with E-state index in [4.69, 9.17) is 0 Å². The predicted molar refractivity (Wildman–Crippen MR) is 32.9 cm³/mol. The third kappa shape index (κ3) is 1.07. The van der Waals surface area contributed by atoms with Crippen molar-refractivity contribution in [1.82, 2.24) is 9.55 Å². The molecule has 0 radical (unpaired) electrons. The maximum atomic E-state index is 9.86. The highest BCUT2D eigenvalue weighted by molar-refractivity contribution is 5.66. The summed E-state index contributed by atoms with van der Waals surface area (Å²) in [6.07, 6.45) is 3.97. The second-order valence-corrected chi connectivity index (χ2v) is 1.62. The number of carbonyl (C=O) groups excluding carboxylic acids is 1. The molecule has 0 aromatic carbocycles. The number of aromatic nitrogens is 2. The van der Waals surface area contributed by atoms with E-state index in [1.54, 1.807) is 24.0 Å². The van der Waals surface area contributed by atoms with Gasteiger partial charge in [-0.25, -0.2) is 4.98 Å². The molecule has 0 aliphatic heterocycles. The molecule has 9 heavy (non-hydrogen) atoms. The van der Waals surface area contributed by atoms with Crippen molar-refractivity contribution < 1.29 is 4.79 Å². The molecule has 1 aromatic heterocycles. The Morgan fingerprint density at radius 2 is 2.67 bits per heavy atom. The lowest BCUT2D eigenvalue weighted by Crippen LogP contribution is -2.00. The third-order valence-corrected chi connectivity index (χ3v) is 1.01. The van der Waals surface area contributed by atoms with E-state index in [1.807, 2.05) is 0 Å². The number of carbonyl (C=O) groups is 1. The summed E-state index contributed by atoms with van der Waals surface area (Å²) in [5.74, 6) is 0.560. The number of imidazole rings is 1. The Balaban J connectivity index is 2.80. The lowest BCUT2D eigenvalue weighted by Gasteiger charge is -1.94.